The van der Waals surface area contributed by atoms with E-state index in [0.29, 0.717) is 6.42 Å². The molecule has 5 rings (SSSR count). The Labute approximate surface area is 228 Å². The minimum Gasteiger partial charge on any atom is -0.494 e. The van der Waals surface area contributed by atoms with E-state index in [1.165, 1.54) is 42.7 Å². The number of halogens is 5. The topological polar surface area (TPSA) is 107 Å². The van der Waals surface area contributed by atoms with E-state index in [1.807, 2.05) is 6.92 Å². The molecule has 3 heterocycles. The lowest BCUT2D eigenvalue weighted by Gasteiger charge is -2.13. The maximum absolute atomic E-state index is 14.3. The number of carbonyl (C=O) groups is 1. The van der Waals surface area contributed by atoms with Crippen molar-refractivity contribution in [2.45, 2.75) is 25.6 Å². The van der Waals surface area contributed by atoms with Gasteiger partial charge in [-0.1, -0.05) is 22.8 Å². The van der Waals surface area contributed by atoms with Crippen LogP contribution in [-0.2, 0) is 15.7 Å². The number of H-pyrrole nitrogens is 1. The molecule has 1 atom stereocenters. The Morgan fingerprint density at radius 2 is 1.95 bits per heavy atom. The van der Waals surface area contributed by atoms with Gasteiger partial charge in [0, 0.05) is 11.6 Å². The average Bonchev–Trinajstić information content (AvgIpc) is 3.60. The van der Waals surface area contributed by atoms with Crippen LogP contribution in [0.3, 0.4) is 0 Å². The third-order valence-electron chi connectivity index (χ3n) is 6.07. The monoisotopic (exact) mass is 574 g/mol. The molecule has 0 aliphatic rings. The minimum absolute atomic E-state index is 0.0131. The first-order chi connectivity index (χ1) is 19.6. The molecule has 0 fully saturated rings. The van der Waals surface area contributed by atoms with Crippen molar-refractivity contribution in [2.24, 2.45) is 0 Å². The van der Waals surface area contributed by atoms with E-state index in [9.17, 15) is 26.7 Å². The summed E-state index contributed by atoms with van der Waals surface area (Å²) in [4.78, 5) is 19.9. The first-order valence-electron chi connectivity index (χ1n) is 12.2. The van der Waals surface area contributed by atoms with Crippen LogP contribution in [0, 0.1) is 11.6 Å². The number of rotatable bonds is 8. The van der Waals surface area contributed by atoms with E-state index in [0.717, 1.165) is 23.9 Å². The van der Waals surface area contributed by atoms with Gasteiger partial charge in [0.15, 0.2) is 11.6 Å². The number of hydrogen-bond donors (Lipinski definition) is 1. The second-order valence-electron chi connectivity index (χ2n) is 8.83. The molecule has 0 spiro atoms. The van der Waals surface area contributed by atoms with Crippen molar-refractivity contribution in [2.75, 3.05) is 13.7 Å². The van der Waals surface area contributed by atoms with Crippen LogP contribution in [-0.4, -0.2) is 39.9 Å². The number of imidazole rings is 1. The zero-order valence-corrected chi connectivity index (χ0v) is 21.5. The lowest BCUT2D eigenvalue weighted by Crippen LogP contribution is -2.47. The molecule has 0 aliphatic heterocycles. The van der Waals surface area contributed by atoms with Gasteiger partial charge in [0.1, 0.15) is 34.5 Å². The fourth-order valence-electron chi connectivity index (χ4n) is 4.14. The number of alkyl halides is 3. The highest BCUT2D eigenvalue weighted by Gasteiger charge is 2.39. The molecule has 9 nitrogen and oxygen atoms in total. The van der Waals surface area contributed by atoms with Gasteiger partial charge in [0.25, 0.3) is 0 Å². The molecule has 5 aromatic rings. The number of fused-ring (bicyclic) bond motifs is 1. The van der Waals surface area contributed by atoms with Gasteiger partial charge >= 0.3 is 18.2 Å². The van der Waals surface area contributed by atoms with Crippen molar-refractivity contribution in [3.05, 3.63) is 77.8 Å². The van der Waals surface area contributed by atoms with Gasteiger partial charge in [0.2, 0.25) is 12.0 Å². The number of nitrogens with one attached hydrogen (secondary N) is 1. The highest BCUT2D eigenvalue weighted by molar-refractivity contribution is 5.78. The van der Waals surface area contributed by atoms with Crippen molar-refractivity contribution in [1.82, 2.24) is 20.2 Å². The quantitative estimate of drug-likeness (QED) is 0.150. The molecule has 41 heavy (non-hydrogen) atoms. The largest absolute Gasteiger partial charge is 0.494 e. The molecular formula is C27H21F5N5O4+. The van der Waals surface area contributed by atoms with Gasteiger partial charge in [-0.2, -0.15) is 13.2 Å². The summed E-state index contributed by atoms with van der Waals surface area (Å²) in [6.45, 7) is 2.07. The fourth-order valence-corrected chi connectivity index (χ4v) is 4.14. The van der Waals surface area contributed by atoms with Crippen LogP contribution >= 0.6 is 0 Å². The molecule has 0 amide bonds. The number of ether oxygens (including phenoxy) is 2. The smallest absolute Gasteiger partial charge is 0.417 e. The number of aromatic nitrogens is 5. The van der Waals surface area contributed by atoms with Crippen LogP contribution in [0.25, 0.3) is 33.7 Å². The number of methoxy groups -OCH3 is 1. The summed E-state index contributed by atoms with van der Waals surface area (Å²) < 4.78 is 86.4. The van der Waals surface area contributed by atoms with Crippen molar-refractivity contribution in [3.8, 4) is 28.4 Å². The van der Waals surface area contributed by atoms with Crippen LogP contribution in [0.15, 0.2) is 59.4 Å². The maximum atomic E-state index is 14.3. The van der Waals surface area contributed by atoms with E-state index in [4.69, 9.17) is 14.0 Å². The lowest BCUT2D eigenvalue weighted by atomic mass is 10.0. The molecule has 0 radical (unpaired) electrons. The van der Waals surface area contributed by atoms with Crippen molar-refractivity contribution in [3.63, 3.8) is 0 Å². The number of hydrogen-bond acceptors (Lipinski definition) is 7. The normalized spacial score (nSPS) is 12.5. The van der Waals surface area contributed by atoms with Crippen LogP contribution in [0.1, 0.15) is 30.7 Å². The second kappa shape index (κ2) is 10.9. The molecule has 212 valence electrons. The van der Waals surface area contributed by atoms with Gasteiger partial charge in [-0.3, -0.25) is 0 Å². The summed E-state index contributed by atoms with van der Waals surface area (Å²) in [6, 6.07) is 6.87. The molecular weight excluding hydrogens is 553 g/mol. The summed E-state index contributed by atoms with van der Waals surface area (Å²) in [5.41, 5.74) is -1.04. The Kier molecular flexibility index (Phi) is 7.39. The molecule has 3 aromatic heterocycles. The molecule has 1 N–H and O–H groups in total. The number of benzene rings is 2. The summed E-state index contributed by atoms with van der Waals surface area (Å²) in [5, 5.41) is 7.94. The third kappa shape index (κ3) is 5.44. The third-order valence-corrected chi connectivity index (χ3v) is 6.07. The Hall–Kier alpha value is -4.88. The van der Waals surface area contributed by atoms with E-state index >= 15 is 0 Å². The van der Waals surface area contributed by atoms with Gasteiger partial charge in [-0.25, -0.2) is 18.6 Å². The first-order valence-corrected chi connectivity index (χ1v) is 12.2. The molecule has 0 saturated heterocycles. The van der Waals surface area contributed by atoms with E-state index < -0.39 is 35.4 Å². The SMILES string of the molecule is CCCOc1ccc(-c2cc(C(C(=O)OC)[n+]3cc4[nH]c(-c5cccc(F)c5F)nc4cn3)on2)c(C(F)(F)F)c1. The minimum atomic E-state index is -4.73. The highest BCUT2D eigenvalue weighted by Crippen LogP contribution is 2.39. The molecule has 0 aliphatic carbocycles. The van der Waals surface area contributed by atoms with Crippen LogP contribution < -0.4 is 9.42 Å². The zero-order chi connectivity index (χ0) is 29.3. The van der Waals surface area contributed by atoms with E-state index in [1.54, 1.807) is 0 Å². The number of carbonyl (C=O) groups excluding carboxylic acids is 1. The van der Waals surface area contributed by atoms with Gasteiger partial charge in [-0.05, 0) is 41.9 Å². The lowest BCUT2D eigenvalue weighted by molar-refractivity contribution is -0.758. The zero-order valence-electron chi connectivity index (χ0n) is 21.5. The fraction of sp³-hybridized carbons (Fsp3) is 0.222. The second-order valence-corrected chi connectivity index (χ2v) is 8.83. The summed E-state index contributed by atoms with van der Waals surface area (Å²) in [5.74, 6) is -3.13. The van der Waals surface area contributed by atoms with Crippen LogP contribution in [0.2, 0.25) is 0 Å². The first kappa shape index (κ1) is 27.7. The van der Waals surface area contributed by atoms with Crippen molar-refractivity contribution < 1.29 is 45.4 Å². The van der Waals surface area contributed by atoms with Crippen LogP contribution in [0.4, 0.5) is 22.0 Å². The van der Waals surface area contributed by atoms with Crippen molar-refractivity contribution in [1.29, 1.82) is 0 Å². The predicted molar refractivity (Wildman–Crippen MR) is 132 cm³/mol. The van der Waals surface area contributed by atoms with Crippen LogP contribution in [0.5, 0.6) is 5.75 Å². The van der Waals surface area contributed by atoms with Gasteiger partial charge in [-0.15, -0.1) is 0 Å². The number of aromatic amines is 1. The standard InChI is InChI=1S/C27H20F5N5O4/c1-3-9-40-14-7-8-15(17(10-14)27(30,31)32)19-11-22(41-36-19)24(26(38)39-2)37-13-21-20(12-33-37)34-25(35-21)16-5-4-6-18(28)23(16)29/h4-8,10-13,24H,3,9H2,1-2H3/p+1. The summed E-state index contributed by atoms with van der Waals surface area (Å²) in [7, 11) is 1.11. The predicted octanol–water partition coefficient (Wildman–Crippen LogP) is 5.42. The van der Waals surface area contributed by atoms with E-state index in [-0.39, 0.29) is 51.8 Å². The maximum Gasteiger partial charge on any atom is 0.417 e. The van der Waals surface area contributed by atoms with E-state index in [2.05, 4.69) is 20.2 Å². The Morgan fingerprint density at radius 3 is 2.68 bits per heavy atom. The Morgan fingerprint density at radius 1 is 1.15 bits per heavy atom. The number of esters is 1. The average molecular weight is 574 g/mol. The van der Waals surface area contributed by atoms with Gasteiger partial charge < -0.3 is 19.0 Å². The Bertz CT molecular complexity index is 1730. The summed E-state index contributed by atoms with van der Waals surface area (Å²) >= 11 is 0. The summed E-state index contributed by atoms with van der Waals surface area (Å²) in [6.07, 6.45) is -1.52. The Balaban J connectivity index is 1.54. The van der Waals surface area contributed by atoms with Gasteiger partial charge in [0.05, 0.1) is 24.8 Å². The van der Waals surface area contributed by atoms with Crippen molar-refractivity contribution >= 4 is 17.0 Å². The molecule has 1 unspecified atom stereocenters. The molecule has 0 bridgehead atoms. The highest BCUT2D eigenvalue weighted by atomic mass is 19.4. The molecule has 0 saturated carbocycles. The molecule has 2 aromatic carbocycles. The molecule has 14 heteroatoms. The number of nitrogens with zero attached hydrogens (tertiary/aromatic N) is 4.